The first-order valence-corrected chi connectivity index (χ1v) is 8.36. The zero-order chi connectivity index (χ0) is 14.0. The molecule has 0 radical (unpaired) electrons. The van der Waals surface area contributed by atoms with E-state index in [2.05, 4.69) is 15.9 Å². The lowest BCUT2D eigenvalue weighted by Gasteiger charge is -2.18. The highest BCUT2D eigenvalue weighted by Crippen LogP contribution is 2.31. The molecule has 19 heavy (non-hydrogen) atoms. The van der Waals surface area contributed by atoms with Gasteiger partial charge in [0.25, 0.3) is 0 Å². The zero-order valence-electron chi connectivity index (χ0n) is 10.7. The Morgan fingerprint density at radius 3 is 2.84 bits per heavy atom. The number of halogens is 1. The summed E-state index contributed by atoms with van der Waals surface area (Å²) in [4.78, 5) is 0.192. The summed E-state index contributed by atoms with van der Waals surface area (Å²) in [6, 6.07) is 4.91. The first kappa shape index (κ1) is 14.8. The van der Waals surface area contributed by atoms with Gasteiger partial charge in [0.1, 0.15) is 10.6 Å². The molecule has 1 aliphatic rings. The third kappa shape index (κ3) is 3.10. The van der Waals surface area contributed by atoms with Gasteiger partial charge in [0.05, 0.1) is 6.61 Å². The fraction of sp³-hybridized carbons (Fsp3) is 0.500. The maximum Gasteiger partial charge on any atom is 0.246 e. The number of nitrogens with two attached hydrogens (primary N) is 1. The van der Waals surface area contributed by atoms with Gasteiger partial charge in [-0.1, -0.05) is 15.9 Å². The second kappa shape index (κ2) is 5.78. The van der Waals surface area contributed by atoms with Crippen molar-refractivity contribution in [2.45, 2.75) is 24.3 Å². The summed E-state index contributed by atoms with van der Waals surface area (Å²) in [6.07, 6.45) is 0.692. The molecular weight excluding hydrogens is 332 g/mol. The van der Waals surface area contributed by atoms with Crippen LogP contribution in [0.15, 0.2) is 27.6 Å². The molecule has 1 heterocycles. The molecule has 0 amide bonds. The number of hydrogen-bond donors (Lipinski definition) is 1. The molecule has 1 saturated heterocycles. The Hall–Kier alpha value is -0.630. The quantitative estimate of drug-likeness (QED) is 0.896. The molecule has 0 aliphatic carbocycles. The van der Waals surface area contributed by atoms with Crippen LogP contribution in [-0.4, -0.2) is 38.5 Å². The van der Waals surface area contributed by atoms with Crippen molar-refractivity contribution in [3.8, 4) is 5.75 Å². The molecule has 2 rings (SSSR count). The number of ether oxygens (including phenoxy) is 1. The highest BCUT2D eigenvalue weighted by atomic mass is 79.9. The van der Waals surface area contributed by atoms with E-state index < -0.39 is 10.0 Å². The van der Waals surface area contributed by atoms with E-state index in [1.807, 2.05) is 6.92 Å². The van der Waals surface area contributed by atoms with Crippen LogP contribution in [0.25, 0.3) is 0 Å². The van der Waals surface area contributed by atoms with Crippen LogP contribution in [0.5, 0.6) is 5.75 Å². The average molecular weight is 349 g/mol. The van der Waals surface area contributed by atoms with E-state index in [1.165, 1.54) is 4.31 Å². The van der Waals surface area contributed by atoms with Crippen LogP contribution in [0.2, 0.25) is 0 Å². The Morgan fingerprint density at radius 2 is 2.26 bits per heavy atom. The fourth-order valence-corrected chi connectivity index (χ4v) is 4.25. The van der Waals surface area contributed by atoms with Crippen LogP contribution in [0.4, 0.5) is 0 Å². The van der Waals surface area contributed by atoms with Gasteiger partial charge in [-0.2, -0.15) is 4.31 Å². The normalized spacial score (nSPS) is 20.7. The van der Waals surface area contributed by atoms with Crippen LogP contribution in [0.1, 0.15) is 13.3 Å². The SMILES string of the molecule is CCOc1ccc(Br)cc1S(=O)(=O)N1CC[C@@H](N)C1. The van der Waals surface area contributed by atoms with E-state index in [-0.39, 0.29) is 10.9 Å². The monoisotopic (exact) mass is 348 g/mol. The first-order chi connectivity index (χ1) is 8.95. The van der Waals surface area contributed by atoms with Crippen molar-refractivity contribution >= 4 is 26.0 Å². The van der Waals surface area contributed by atoms with E-state index in [9.17, 15) is 8.42 Å². The molecule has 106 valence electrons. The molecule has 1 aromatic carbocycles. The lowest BCUT2D eigenvalue weighted by molar-refractivity contribution is 0.329. The Bertz CT molecular complexity index is 562. The maximum absolute atomic E-state index is 12.6. The number of rotatable bonds is 4. The molecule has 0 saturated carbocycles. The van der Waals surface area contributed by atoms with Gasteiger partial charge in [-0.3, -0.25) is 0 Å². The van der Waals surface area contributed by atoms with Gasteiger partial charge in [-0.15, -0.1) is 0 Å². The lowest BCUT2D eigenvalue weighted by atomic mass is 10.3. The predicted molar refractivity (Wildman–Crippen MR) is 76.7 cm³/mol. The van der Waals surface area contributed by atoms with Crippen LogP contribution < -0.4 is 10.5 Å². The Morgan fingerprint density at radius 1 is 1.53 bits per heavy atom. The largest absolute Gasteiger partial charge is 0.492 e. The smallest absolute Gasteiger partial charge is 0.246 e. The van der Waals surface area contributed by atoms with Crippen molar-refractivity contribution in [2.24, 2.45) is 5.73 Å². The molecule has 5 nitrogen and oxygen atoms in total. The molecule has 1 atom stereocenters. The van der Waals surface area contributed by atoms with Crippen molar-refractivity contribution in [2.75, 3.05) is 19.7 Å². The summed E-state index contributed by atoms with van der Waals surface area (Å²) in [5, 5.41) is 0. The van der Waals surface area contributed by atoms with E-state index in [1.54, 1.807) is 18.2 Å². The lowest BCUT2D eigenvalue weighted by Crippen LogP contribution is -2.32. The van der Waals surface area contributed by atoms with Crippen LogP contribution >= 0.6 is 15.9 Å². The minimum atomic E-state index is -3.55. The summed E-state index contributed by atoms with van der Waals surface area (Å²) >= 11 is 3.30. The third-order valence-electron chi connectivity index (χ3n) is 3.01. The summed E-state index contributed by atoms with van der Waals surface area (Å²) in [5.41, 5.74) is 5.78. The van der Waals surface area contributed by atoms with Gasteiger partial charge in [0.15, 0.2) is 0 Å². The highest BCUT2D eigenvalue weighted by Gasteiger charge is 2.33. The van der Waals surface area contributed by atoms with Crippen LogP contribution in [0.3, 0.4) is 0 Å². The minimum Gasteiger partial charge on any atom is -0.492 e. The topological polar surface area (TPSA) is 72.6 Å². The van der Waals surface area contributed by atoms with Crippen LogP contribution in [0, 0.1) is 0 Å². The van der Waals surface area contributed by atoms with Gasteiger partial charge in [-0.05, 0) is 31.5 Å². The van der Waals surface area contributed by atoms with Crippen molar-refractivity contribution in [3.05, 3.63) is 22.7 Å². The molecule has 1 aliphatic heterocycles. The molecule has 1 fully saturated rings. The zero-order valence-corrected chi connectivity index (χ0v) is 13.1. The maximum atomic E-state index is 12.6. The number of sulfonamides is 1. The summed E-state index contributed by atoms with van der Waals surface area (Å²) in [5.74, 6) is 0.381. The van der Waals surface area contributed by atoms with Crippen molar-refractivity contribution in [3.63, 3.8) is 0 Å². The number of nitrogens with zero attached hydrogens (tertiary/aromatic N) is 1. The Balaban J connectivity index is 2.41. The second-order valence-corrected chi connectivity index (χ2v) is 7.26. The summed E-state index contributed by atoms with van der Waals surface area (Å²) in [6.45, 7) is 3.07. The van der Waals surface area contributed by atoms with Crippen LogP contribution in [-0.2, 0) is 10.0 Å². The van der Waals surface area contributed by atoms with Crippen molar-refractivity contribution in [1.29, 1.82) is 0 Å². The molecule has 2 N–H and O–H groups in total. The summed E-state index contributed by atoms with van der Waals surface area (Å²) in [7, 11) is -3.55. The molecule has 0 bridgehead atoms. The fourth-order valence-electron chi connectivity index (χ4n) is 2.07. The van der Waals surface area contributed by atoms with Gasteiger partial charge in [0.2, 0.25) is 10.0 Å². The molecule has 7 heteroatoms. The Kier molecular flexibility index (Phi) is 4.50. The highest BCUT2D eigenvalue weighted by molar-refractivity contribution is 9.10. The van der Waals surface area contributed by atoms with E-state index >= 15 is 0 Å². The van der Waals surface area contributed by atoms with Gasteiger partial charge >= 0.3 is 0 Å². The minimum absolute atomic E-state index is 0.0857. The molecule has 0 spiro atoms. The van der Waals surface area contributed by atoms with E-state index in [0.717, 1.165) is 0 Å². The Labute approximate surface area is 121 Å². The van der Waals surface area contributed by atoms with Gasteiger partial charge in [0, 0.05) is 23.6 Å². The number of benzene rings is 1. The summed E-state index contributed by atoms with van der Waals surface area (Å²) < 4.78 is 32.7. The van der Waals surface area contributed by atoms with Gasteiger partial charge in [-0.25, -0.2) is 8.42 Å². The molecule has 1 aromatic rings. The van der Waals surface area contributed by atoms with E-state index in [0.29, 0.717) is 36.3 Å². The van der Waals surface area contributed by atoms with E-state index in [4.69, 9.17) is 10.5 Å². The number of hydrogen-bond acceptors (Lipinski definition) is 4. The predicted octanol–water partition coefficient (Wildman–Crippen LogP) is 1.57. The molecular formula is C12H17BrN2O3S. The first-order valence-electron chi connectivity index (χ1n) is 6.13. The van der Waals surface area contributed by atoms with Crippen molar-refractivity contribution in [1.82, 2.24) is 4.31 Å². The van der Waals surface area contributed by atoms with Crippen molar-refractivity contribution < 1.29 is 13.2 Å². The molecule has 0 unspecified atom stereocenters. The standard InChI is InChI=1S/C12H17BrN2O3S/c1-2-18-11-4-3-9(13)7-12(11)19(16,17)15-6-5-10(14)8-15/h3-4,7,10H,2,5-6,8,14H2,1H3/t10-/m1/s1. The third-order valence-corrected chi connectivity index (χ3v) is 5.39. The molecule has 0 aromatic heterocycles. The van der Waals surface area contributed by atoms with Gasteiger partial charge < -0.3 is 10.5 Å². The second-order valence-electron chi connectivity index (χ2n) is 4.44. The average Bonchev–Trinajstić information content (AvgIpc) is 2.79.